The SMILES string of the molecule is C=CC(=O)Nc1cccc(-c2csc3cnc(Nc4ccc(N5CCOCC5)cc4)nc23)c1. The van der Waals surface area contributed by atoms with Gasteiger partial charge in [0.25, 0.3) is 0 Å². The lowest BCUT2D eigenvalue weighted by atomic mass is 10.1. The first-order valence-electron chi connectivity index (χ1n) is 10.7. The van der Waals surface area contributed by atoms with Gasteiger partial charge in [-0.2, -0.15) is 0 Å². The molecule has 1 aliphatic heterocycles. The number of carbonyl (C=O) groups is 1. The highest BCUT2D eigenvalue weighted by Gasteiger charge is 2.13. The smallest absolute Gasteiger partial charge is 0.247 e. The van der Waals surface area contributed by atoms with Gasteiger partial charge >= 0.3 is 0 Å². The van der Waals surface area contributed by atoms with Crippen molar-refractivity contribution in [3.05, 3.63) is 72.8 Å². The average Bonchev–Trinajstić information content (AvgIpc) is 3.28. The first-order chi connectivity index (χ1) is 16.2. The molecule has 1 saturated heterocycles. The second kappa shape index (κ2) is 9.40. The van der Waals surface area contributed by atoms with Crippen LogP contribution in [0.1, 0.15) is 0 Å². The highest BCUT2D eigenvalue weighted by Crippen LogP contribution is 2.34. The number of fused-ring (bicyclic) bond motifs is 1. The molecule has 2 aromatic heterocycles. The molecule has 1 aliphatic rings. The maximum Gasteiger partial charge on any atom is 0.247 e. The minimum absolute atomic E-state index is 0.240. The van der Waals surface area contributed by atoms with Gasteiger partial charge < -0.3 is 20.3 Å². The minimum atomic E-state index is -0.240. The van der Waals surface area contributed by atoms with Gasteiger partial charge in [0.15, 0.2) is 0 Å². The zero-order valence-corrected chi connectivity index (χ0v) is 18.8. The summed E-state index contributed by atoms with van der Waals surface area (Å²) in [4.78, 5) is 23.2. The Bertz CT molecular complexity index is 1300. The second-order valence-electron chi connectivity index (χ2n) is 7.60. The van der Waals surface area contributed by atoms with Gasteiger partial charge in [0.05, 0.1) is 29.6 Å². The van der Waals surface area contributed by atoms with Crippen LogP contribution in [0.5, 0.6) is 0 Å². The normalized spacial score (nSPS) is 13.6. The number of anilines is 4. The van der Waals surface area contributed by atoms with Gasteiger partial charge in [0, 0.05) is 41.1 Å². The van der Waals surface area contributed by atoms with Gasteiger partial charge in [-0.1, -0.05) is 18.7 Å². The highest BCUT2D eigenvalue weighted by atomic mass is 32.1. The first kappa shape index (κ1) is 21.1. The van der Waals surface area contributed by atoms with Crippen LogP contribution in [-0.4, -0.2) is 42.2 Å². The van der Waals surface area contributed by atoms with Gasteiger partial charge in [0.1, 0.15) is 0 Å². The lowest BCUT2D eigenvalue weighted by Gasteiger charge is -2.28. The third-order valence-corrected chi connectivity index (χ3v) is 6.35. The van der Waals surface area contributed by atoms with Crippen molar-refractivity contribution in [1.82, 2.24) is 9.97 Å². The lowest BCUT2D eigenvalue weighted by molar-refractivity contribution is -0.111. The molecule has 0 aliphatic carbocycles. The van der Waals surface area contributed by atoms with Gasteiger partial charge in [-0.25, -0.2) is 9.97 Å². The number of aromatic nitrogens is 2. The lowest BCUT2D eigenvalue weighted by Crippen LogP contribution is -2.36. The summed E-state index contributed by atoms with van der Waals surface area (Å²) in [5.74, 6) is 0.299. The maximum atomic E-state index is 11.7. The molecule has 5 rings (SSSR count). The van der Waals surface area contributed by atoms with E-state index >= 15 is 0 Å². The fraction of sp³-hybridized carbons (Fsp3) is 0.160. The Balaban J connectivity index is 1.38. The van der Waals surface area contributed by atoms with E-state index in [0.29, 0.717) is 11.6 Å². The third-order valence-electron chi connectivity index (χ3n) is 5.44. The van der Waals surface area contributed by atoms with Crippen LogP contribution in [0.2, 0.25) is 0 Å². The van der Waals surface area contributed by atoms with Crippen molar-refractivity contribution in [3.63, 3.8) is 0 Å². The Morgan fingerprint density at radius 3 is 2.73 bits per heavy atom. The number of ether oxygens (including phenoxy) is 1. The topological polar surface area (TPSA) is 79.4 Å². The number of morpholine rings is 1. The zero-order chi connectivity index (χ0) is 22.6. The third kappa shape index (κ3) is 4.72. The number of hydrogen-bond donors (Lipinski definition) is 2. The molecule has 7 nitrogen and oxygen atoms in total. The Labute approximate surface area is 195 Å². The van der Waals surface area contributed by atoms with Gasteiger partial charge in [-0.3, -0.25) is 4.79 Å². The summed E-state index contributed by atoms with van der Waals surface area (Å²) in [6, 6.07) is 16.0. The monoisotopic (exact) mass is 457 g/mol. The van der Waals surface area contributed by atoms with Crippen LogP contribution >= 0.6 is 11.3 Å². The molecule has 0 atom stereocenters. The van der Waals surface area contributed by atoms with Gasteiger partial charge in [0.2, 0.25) is 11.9 Å². The molecule has 2 aromatic carbocycles. The summed E-state index contributed by atoms with van der Waals surface area (Å²) in [6.45, 7) is 6.85. The molecule has 33 heavy (non-hydrogen) atoms. The van der Waals surface area contributed by atoms with Crippen LogP contribution in [0.4, 0.5) is 23.0 Å². The molecule has 0 bridgehead atoms. The molecule has 0 unspecified atom stereocenters. The standard InChI is InChI=1S/C25H23N5O2S/c1-2-23(31)27-19-5-3-4-17(14-19)21-16-33-22-15-26-25(29-24(21)22)28-18-6-8-20(9-7-18)30-10-12-32-13-11-30/h2-9,14-16H,1,10-13H2,(H,27,31)(H,26,28,29). The van der Waals surface area contributed by atoms with Crippen molar-refractivity contribution in [3.8, 4) is 11.1 Å². The summed E-state index contributed by atoms with van der Waals surface area (Å²) in [5, 5.41) is 8.18. The summed E-state index contributed by atoms with van der Waals surface area (Å²) in [5.41, 5.74) is 5.67. The van der Waals surface area contributed by atoms with E-state index in [1.165, 1.54) is 11.8 Å². The van der Waals surface area contributed by atoms with Crippen molar-refractivity contribution in [1.29, 1.82) is 0 Å². The molecule has 0 radical (unpaired) electrons. The quantitative estimate of drug-likeness (QED) is 0.394. The van der Waals surface area contributed by atoms with Crippen LogP contribution in [0, 0.1) is 0 Å². The Morgan fingerprint density at radius 1 is 1.12 bits per heavy atom. The zero-order valence-electron chi connectivity index (χ0n) is 18.0. The van der Waals surface area contributed by atoms with Crippen LogP contribution in [0.25, 0.3) is 21.3 Å². The van der Waals surface area contributed by atoms with Crippen LogP contribution in [0.15, 0.2) is 72.8 Å². The number of nitrogens with one attached hydrogen (secondary N) is 2. The van der Waals surface area contributed by atoms with Gasteiger partial charge in [-0.15, -0.1) is 11.3 Å². The van der Waals surface area contributed by atoms with E-state index in [0.717, 1.165) is 53.3 Å². The fourth-order valence-corrected chi connectivity index (χ4v) is 4.63. The van der Waals surface area contributed by atoms with Crippen molar-refractivity contribution < 1.29 is 9.53 Å². The predicted molar refractivity (Wildman–Crippen MR) is 134 cm³/mol. The maximum absolute atomic E-state index is 11.7. The highest BCUT2D eigenvalue weighted by molar-refractivity contribution is 7.17. The second-order valence-corrected chi connectivity index (χ2v) is 8.51. The number of amides is 1. The molecule has 3 heterocycles. The Kier molecular flexibility index (Phi) is 6.01. The van der Waals surface area contributed by atoms with E-state index < -0.39 is 0 Å². The molecule has 1 fully saturated rings. The number of thiophene rings is 1. The number of nitrogens with zero attached hydrogens (tertiary/aromatic N) is 3. The summed E-state index contributed by atoms with van der Waals surface area (Å²) in [7, 11) is 0. The van der Waals surface area contributed by atoms with E-state index in [4.69, 9.17) is 9.72 Å². The number of rotatable bonds is 6. The number of carbonyl (C=O) groups excluding carboxylic acids is 1. The molecule has 8 heteroatoms. The van der Waals surface area contributed by atoms with Crippen LogP contribution in [0.3, 0.4) is 0 Å². The molecule has 0 spiro atoms. The van der Waals surface area contributed by atoms with E-state index in [2.05, 4.69) is 44.6 Å². The summed E-state index contributed by atoms with van der Waals surface area (Å²) < 4.78 is 6.43. The van der Waals surface area contributed by atoms with Crippen molar-refractivity contribution in [2.75, 3.05) is 41.8 Å². The van der Waals surface area contributed by atoms with Gasteiger partial charge in [-0.05, 0) is 48.0 Å². The largest absolute Gasteiger partial charge is 0.378 e. The van der Waals surface area contributed by atoms with Crippen LogP contribution in [-0.2, 0) is 9.53 Å². The minimum Gasteiger partial charge on any atom is -0.378 e. The van der Waals surface area contributed by atoms with Crippen molar-refractivity contribution >= 4 is 50.5 Å². The number of benzene rings is 2. The fourth-order valence-electron chi connectivity index (χ4n) is 3.76. The van der Waals surface area contributed by atoms with E-state index in [9.17, 15) is 4.79 Å². The van der Waals surface area contributed by atoms with E-state index in [1.807, 2.05) is 42.6 Å². The molecule has 2 N–H and O–H groups in total. The first-order valence-corrected chi connectivity index (χ1v) is 11.6. The molecule has 0 saturated carbocycles. The Hall–Kier alpha value is -3.75. The van der Waals surface area contributed by atoms with E-state index in [-0.39, 0.29) is 5.91 Å². The summed E-state index contributed by atoms with van der Waals surface area (Å²) >= 11 is 1.59. The Morgan fingerprint density at radius 2 is 1.94 bits per heavy atom. The van der Waals surface area contributed by atoms with Crippen molar-refractivity contribution in [2.45, 2.75) is 0 Å². The molecule has 166 valence electrons. The molecule has 1 amide bonds. The van der Waals surface area contributed by atoms with Crippen molar-refractivity contribution in [2.24, 2.45) is 0 Å². The van der Waals surface area contributed by atoms with E-state index in [1.54, 1.807) is 11.3 Å². The molecular formula is C25H23N5O2S. The number of hydrogen-bond acceptors (Lipinski definition) is 7. The summed E-state index contributed by atoms with van der Waals surface area (Å²) in [6.07, 6.45) is 3.09. The predicted octanol–water partition coefficient (Wildman–Crippen LogP) is 5.06. The average molecular weight is 458 g/mol. The van der Waals surface area contributed by atoms with Crippen LogP contribution < -0.4 is 15.5 Å². The molecular weight excluding hydrogens is 434 g/mol. The molecule has 4 aromatic rings.